The number of carbonyl (C=O) groups excluding carboxylic acids is 1. The lowest BCUT2D eigenvalue weighted by Gasteiger charge is -2.17. The molecule has 0 aliphatic rings. The number of nitrogens with one attached hydrogen (secondary N) is 2. The highest BCUT2D eigenvalue weighted by molar-refractivity contribution is 5.88. The maximum Gasteiger partial charge on any atom is 0.272 e. The van der Waals surface area contributed by atoms with Crippen LogP contribution in [0.3, 0.4) is 0 Å². The second kappa shape index (κ2) is 6.88. The number of hydrogen-bond donors (Lipinski definition) is 2. The van der Waals surface area contributed by atoms with Gasteiger partial charge in [-0.25, -0.2) is 5.10 Å². The number of H-pyrrole nitrogens is 1. The molecule has 3 aromatic rings. The van der Waals surface area contributed by atoms with E-state index in [0.29, 0.717) is 28.6 Å². The Kier molecular flexibility index (Phi) is 4.65. The lowest BCUT2D eigenvalue weighted by atomic mass is 10.0. The zero-order valence-electron chi connectivity index (χ0n) is 14.4. The maximum atomic E-state index is 12.5. The Morgan fingerprint density at radius 2 is 2.00 bits per heavy atom. The van der Waals surface area contributed by atoms with Crippen LogP contribution in [0.4, 0.5) is 0 Å². The summed E-state index contributed by atoms with van der Waals surface area (Å²) in [6.45, 7) is 5.68. The minimum absolute atomic E-state index is 0.0805. The van der Waals surface area contributed by atoms with Crippen molar-refractivity contribution in [2.24, 2.45) is 0 Å². The van der Waals surface area contributed by atoms with Crippen LogP contribution in [0.1, 0.15) is 42.1 Å². The highest BCUT2D eigenvalue weighted by Gasteiger charge is 2.21. The van der Waals surface area contributed by atoms with E-state index in [1.165, 1.54) is 0 Å². The first kappa shape index (κ1) is 16.9. The molecule has 0 saturated heterocycles. The number of benzene rings is 1. The molecule has 2 N–H and O–H groups in total. The van der Waals surface area contributed by atoms with Gasteiger partial charge in [0.15, 0.2) is 0 Å². The molecule has 0 saturated carbocycles. The quantitative estimate of drug-likeness (QED) is 0.742. The molecule has 0 spiro atoms. The van der Waals surface area contributed by atoms with Crippen LogP contribution in [-0.2, 0) is 11.2 Å². The van der Waals surface area contributed by atoms with Crippen molar-refractivity contribution >= 4 is 16.7 Å². The van der Waals surface area contributed by atoms with Gasteiger partial charge in [-0.1, -0.05) is 30.3 Å². The van der Waals surface area contributed by atoms with E-state index in [9.17, 15) is 9.59 Å². The van der Waals surface area contributed by atoms with Gasteiger partial charge in [0.05, 0.1) is 29.2 Å². The zero-order valence-corrected chi connectivity index (χ0v) is 14.4. The Morgan fingerprint density at radius 3 is 2.64 bits per heavy atom. The topological polar surface area (TPSA) is 101 Å². The summed E-state index contributed by atoms with van der Waals surface area (Å²) >= 11 is 0. The molecule has 130 valence electrons. The minimum Gasteiger partial charge on any atom is -0.361 e. The van der Waals surface area contributed by atoms with Crippen molar-refractivity contribution < 1.29 is 9.32 Å². The number of aryl methyl sites for hydroxylation is 2. The van der Waals surface area contributed by atoms with E-state index in [1.807, 2.05) is 26.8 Å². The third-order valence-electron chi connectivity index (χ3n) is 4.28. The molecule has 2 heterocycles. The van der Waals surface area contributed by atoms with Crippen LogP contribution < -0.4 is 10.9 Å². The fourth-order valence-corrected chi connectivity index (χ4v) is 3.07. The third-order valence-corrected chi connectivity index (χ3v) is 4.28. The Hall–Kier alpha value is -2.96. The van der Waals surface area contributed by atoms with Crippen LogP contribution in [0.25, 0.3) is 10.8 Å². The van der Waals surface area contributed by atoms with Crippen molar-refractivity contribution in [3.8, 4) is 0 Å². The second-order valence-corrected chi connectivity index (χ2v) is 5.99. The molecule has 7 nitrogen and oxygen atoms in total. The maximum absolute atomic E-state index is 12.5. The first-order valence-corrected chi connectivity index (χ1v) is 8.19. The largest absolute Gasteiger partial charge is 0.361 e. The number of nitrogens with zero attached hydrogens (tertiary/aromatic N) is 2. The SMILES string of the molecule is CCC(NC(=O)Cc1n[nH]c(=O)c2ccccc12)c1c(C)noc1C. The second-order valence-electron chi connectivity index (χ2n) is 5.99. The van der Waals surface area contributed by atoms with Gasteiger partial charge in [-0.2, -0.15) is 5.10 Å². The first-order chi connectivity index (χ1) is 12.0. The highest BCUT2D eigenvalue weighted by Crippen LogP contribution is 2.24. The van der Waals surface area contributed by atoms with Gasteiger partial charge in [0.25, 0.3) is 5.56 Å². The average molecular weight is 340 g/mol. The summed E-state index contributed by atoms with van der Waals surface area (Å²) in [5.41, 5.74) is 1.97. The summed E-state index contributed by atoms with van der Waals surface area (Å²) in [4.78, 5) is 24.4. The van der Waals surface area contributed by atoms with Crippen molar-refractivity contribution in [2.75, 3.05) is 0 Å². The highest BCUT2D eigenvalue weighted by atomic mass is 16.5. The van der Waals surface area contributed by atoms with Crippen LogP contribution in [0.5, 0.6) is 0 Å². The smallest absolute Gasteiger partial charge is 0.272 e. The molecule has 25 heavy (non-hydrogen) atoms. The zero-order chi connectivity index (χ0) is 18.0. The van der Waals surface area contributed by atoms with E-state index in [0.717, 1.165) is 11.3 Å². The van der Waals surface area contributed by atoms with Gasteiger partial charge in [0, 0.05) is 10.9 Å². The molecule has 1 amide bonds. The van der Waals surface area contributed by atoms with Gasteiger partial charge in [0.2, 0.25) is 5.91 Å². The van der Waals surface area contributed by atoms with Crippen molar-refractivity contribution in [3.63, 3.8) is 0 Å². The Bertz CT molecular complexity index is 954. The van der Waals surface area contributed by atoms with E-state index in [2.05, 4.69) is 20.7 Å². The van der Waals surface area contributed by atoms with Crippen LogP contribution in [0, 0.1) is 13.8 Å². The summed E-state index contributed by atoms with van der Waals surface area (Å²) in [6, 6.07) is 6.95. The van der Waals surface area contributed by atoms with Crippen LogP contribution >= 0.6 is 0 Å². The molecule has 7 heteroatoms. The molecule has 3 rings (SSSR count). The molecule has 0 aliphatic heterocycles. The number of amides is 1. The molecule has 0 radical (unpaired) electrons. The molecule has 2 aromatic heterocycles. The number of rotatable bonds is 5. The molecule has 0 fully saturated rings. The van der Waals surface area contributed by atoms with Gasteiger partial charge in [-0.05, 0) is 26.3 Å². The Balaban J connectivity index is 1.83. The molecule has 0 aliphatic carbocycles. The normalized spacial score (nSPS) is 12.3. The van der Waals surface area contributed by atoms with E-state index in [-0.39, 0.29) is 23.9 Å². The van der Waals surface area contributed by atoms with Gasteiger partial charge in [-0.15, -0.1) is 0 Å². The number of fused-ring (bicyclic) bond motifs is 1. The van der Waals surface area contributed by atoms with Gasteiger partial charge in [0.1, 0.15) is 5.76 Å². The monoisotopic (exact) mass is 340 g/mol. The summed E-state index contributed by atoms with van der Waals surface area (Å²) in [7, 11) is 0. The molecule has 0 bridgehead atoms. The van der Waals surface area contributed by atoms with E-state index < -0.39 is 0 Å². The van der Waals surface area contributed by atoms with Gasteiger partial charge in [-0.3, -0.25) is 9.59 Å². The molecule has 1 aromatic carbocycles. The van der Waals surface area contributed by atoms with Crippen molar-refractivity contribution in [1.82, 2.24) is 20.7 Å². The van der Waals surface area contributed by atoms with Crippen molar-refractivity contribution in [1.29, 1.82) is 0 Å². The number of hydrogen-bond acceptors (Lipinski definition) is 5. The Labute approximate surface area is 144 Å². The summed E-state index contributed by atoms with van der Waals surface area (Å²) in [5, 5.41) is 14.7. The summed E-state index contributed by atoms with van der Waals surface area (Å²) in [6.07, 6.45) is 0.797. The average Bonchev–Trinajstić information content (AvgIpc) is 2.94. The molecule has 1 atom stereocenters. The standard InChI is InChI=1S/C18H20N4O3/c1-4-14(17-10(2)22-25-11(17)3)19-16(23)9-15-12-7-5-6-8-13(12)18(24)21-20-15/h5-8,14H,4,9H2,1-3H3,(H,19,23)(H,21,24). The predicted molar refractivity (Wildman–Crippen MR) is 93.2 cm³/mol. The van der Waals surface area contributed by atoms with Crippen molar-refractivity contribution in [2.45, 2.75) is 39.7 Å². The van der Waals surface area contributed by atoms with Crippen molar-refractivity contribution in [3.05, 3.63) is 57.3 Å². The molecular formula is C18H20N4O3. The Morgan fingerprint density at radius 1 is 1.28 bits per heavy atom. The van der Waals surface area contributed by atoms with Crippen LogP contribution in [0.15, 0.2) is 33.6 Å². The van der Waals surface area contributed by atoms with Gasteiger partial charge < -0.3 is 9.84 Å². The summed E-state index contributed by atoms with van der Waals surface area (Å²) < 4.78 is 5.20. The van der Waals surface area contributed by atoms with E-state index >= 15 is 0 Å². The molecule has 1 unspecified atom stereocenters. The predicted octanol–water partition coefficient (Wildman–Crippen LogP) is 2.34. The third kappa shape index (κ3) is 3.31. The number of aromatic amines is 1. The lowest BCUT2D eigenvalue weighted by Crippen LogP contribution is -2.30. The first-order valence-electron chi connectivity index (χ1n) is 8.19. The van der Waals surface area contributed by atoms with Gasteiger partial charge >= 0.3 is 0 Å². The van der Waals surface area contributed by atoms with Crippen LogP contribution in [0.2, 0.25) is 0 Å². The summed E-state index contributed by atoms with van der Waals surface area (Å²) in [5.74, 6) is 0.536. The number of carbonyl (C=O) groups is 1. The lowest BCUT2D eigenvalue weighted by molar-refractivity contribution is -0.121. The minimum atomic E-state index is -0.262. The number of aromatic nitrogens is 3. The fourth-order valence-electron chi connectivity index (χ4n) is 3.07. The molecular weight excluding hydrogens is 320 g/mol. The van der Waals surface area contributed by atoms with E-state index in [1.54, 1.807) is 18.2 Å². The fraction of sp³-hybridized carbons (Fsp3) is 0.333. The van der Waals surface area contributed by atoms with E-state index in [4.69, 9.17) is 4.52 Å². The van der Waals surface area contributed by atoms with Crippen LogP contribution in [-0.4, -0.2) is 21.3 Å².